The molecule has 232 valence electrons. The van der Waals surface area contributed by atoms with Gasteiger partial charge in [-0.3, -0.25) is 24.3 Å². The molecule has 0 aliphatic carbocycles. The third-order valence-corrected chi connectivity index (χ3v) is 8.11. The van der Waals surface area contributed by atoms with Gasteiger partial charge in [-0.25, -0.2) is 13.8 Å². The molecule has 0 amide bonds. The van der Waals surface area contributed by atoms with E-state index in [1.54, 1.807) is 12.4 Å². The van der Waals surface area contributed by atoms with Crippen LogP contribution in [0.15, 0.2) is 48.9 Å². The first-order chi connectivity index (χ1) is 21.1. The first-order valence-corrected chi connectivity index (χ1v) is 15.2. The average molecular weight is 605 g/mol. The molecule has 44 heavy (non-hydrogen) atoms. The molecule has 0 bridgehead atoms. The maximum Gasteiger partial charge on any atom is 0.320 e. The van der Waals surface area contributed by atoms with E-state index in [0.717, 1.165) is 31.5 Å². The highest BCUT2D eigenvalue weighted by Gasteiger charge is 2.25. The van der Waals surface area contributed by atoms with Gasteiger partial charge in [0.25, 0.3) is 0 Å². The number of fused-ring (bicyclic) bond motifs is 1. The van der Waals surface area contributed by atoms with Crippen LogP contribution in [0.1, 0.15) is 45.2 Å². The van der Waals surface area contributed by atoms with Gasteiger partial charge in [0.05, 0.1) is 54.9 Å². The molecule has 0 spiro atoms. The van der Waals surface area contributed by atoms with Gasteiger partial charge in [-0.1, -0.05) is 12.1 Å². The quantitative estimate of drug-likeness (QED) is 0.265. The van der Waals surface area contributed by atoms with Gasteiger partial charge in [-0.05, 0) is 57.4 Å². The van der Waals surface area contributed by atoms with Crippen molar-refractivity contribution >= 4 is 17.0 Å². The Labute approximate surface area is 255 Å². The van der Waals surface area contributed by atoms with Crippen molar-refractivity contribution in [3.63, 3.8) is 0 Å². The van der Waals surface area contributed by atoms with Crippen molar-refractivity contribution in [1.29, 1.82) is 0 Å². The third kappa shape index (κ3) is 6.95. The summed E-state index contributed by atoms with van der Waals surface area (Å²) in [7, 11) is 0. The Kier molecular flexibility index (Phi) is 8.70. The average Bonchev–Trinajstić information content (AvgIpc) is 3.49. The Morgan fingerprint density at radius 1 is 1.00 bits per heavy atom. The van der Waals surface area contributed by atoms with Crippen molar-refractivity contribution in [1.82, 2.24) is 29.5 Å². The van der Waals surface area contributed by atoms with Gasteiger partial charge >= 0.3 is 5.97 Å². The number of nitrogens with zero attached hydrogens (tertiary/aromatic N) is 6. The molecule has 2 aliphatic heterocycles. The molecule has 2 aliphatic rings. The van der Waals surface area contributed by atoms with E-state index in [2.05, 4.69) is 15.0 Å². The van der Waals surface area contributed by atoms with E-state index < -0.39 is 17.2 Å². The summed E-state index contributed by atoms with van der Waals surface area (Å²) in [5, 5.41) is 4.62. The molecular weight excluding hydrogens is 566 g/mol. The minimum absolute atomic E-state index is 0.0609. The van der Waals surface area contributed by atoms with Gasteiger partial charge in [-0.2, -0.15) is 5.10 Å². The van der Waals surface area contributed by atoms with Crippen molar-refractivity contribution in [3.05, 3.63) is 66.1 Å². The second-order valence-corrected chi connectivity index (χ2v) is 12.5. The zero-order valence-corrected chi connectivity index (χ0v) is 25.4. The molecule has 2 fully saturated rings. The molecule has 6 rings (SSSR count). The highest BCUT2D eigenvalue weighted by Crippen LogP contribution is 2.32. The van der Waals surface area contributed by atoms with E-state index in [0.29, 0.717) is 54.2 Å². The lowest BCUT2D eigenvalue weighted by atomic mass is 10.0. The van der Waals surface area contributed by atoms with Crippen molar-refractivity contribution in [3.8, 4) is 22.4 Å². The van der Waals surface area contributed by atoms with Gasteiger partial charge < -0.3 is 9.47 Å². The zero-order chi connectivity index (χ0) is 30.8. The Morgan fingerprint density at radius 2 is 1.73 bits per heavy atom. The van der Waals surface area contributed by atoms with Gasteiger partial charge in [0.15, 0.2) is 0 Å². The number of ether oxygens (including phenoxy) is 2. The van der Waals surface area contributed by atoms with Gasteiger partial charge in [0.1, 0.15) is 17.2 Å². The van der Waals surface area contributed by atoms with E-state index in [1.165, 1.54) is 12.1 Å². The number of benzene rings is 2. The third-order valence-electron chi connectivity index (χ3n) is 8.11. The molecule has 0 radical (unpaired) electrons. The Morgan fingerprint density at radius 3 is 2.43 bits per heavy atom. The number of likely N-dealkylation sites (tertiary alicyclic amines) is 1. The normalized spacial score (nSPS) is 17.3. The number of esters is 1. The number of para-hydroxylation sites is 1. The number of hydrogen-bond donors (Lipinski definition) is 0. The van der Waals surface area contributed by atoms with Crippen LogP contribution in [-0.2, 0) is 20.8 Å². The predicted molar refractivity (Wildman–Crippen MR) is 163 cm³/mol. The summed E-state index contributed by atoms with van der Waals surface area (Å²) in [5.74, 6) is -1.36. The van der Waals surface area contributed by atoms with E-state index >= 15 is 8.78 Å². The van der Waals surface area contributed by atoms with Gasteiger partial charge in [-0.15, -0.1) is 0 Å². The molecule has 2 saturated heterocycles. The summed E-state index contributed by atoms with van der Waals surface area (Å²) < 4.78 is 43.3. The van der Waals surface area contributed by atoms with Crippen LogP contribution < -0.4 is 0 Å². The van der Waals surface area contributed by atoms with Crippen LogP contribution in [0, 0.1) is 11.6 Å². The zero-order valence-electron chi connectivity index (χ0n) is 25.4. The minimum atomic E-state index is -0.578. The number of aromatic nitrogens is 4. The topological polar surface area (TPSA) is 85.6 Å². The number of hydrogen-bond acceptors (Lipinski definition) is 8. The Hall–Kier alpha value is -3.80. The fourth-order valence-corrected chi connectivity index (χ4v) is 5.87. The van der Waals surface area contributed by atoms with Gasteiger partial charge in [0, 0.05) is 55.6 Å². The fraction of sp³-hybridized carbons (Fsp3) is 0.455. The molecule has 0 atom stereocenters. The molecule has 0 unspecified atom stereocenters. The summed E-state index contributed by atoms with van der Waals surface area (Å²) in [6.45, 7) is 10.1. The standard InChI is InChI=1S/C33H38F2N6O3/c1-33(2,3)44-31(42)21-39-9-7-24(8-10-39)41-19-23(17-37-41)30-18-36-29-6-4-5-25(32(29)38-30)22-15-27(34)26(28(35)16-22)20-40-11-13-43-14-12-40/h4-6,15-19,24H,7-14,20-21H2,1-3H3. The number of piperidine rings is 1. The lowest BCUT2D eigenvalue weighted by Gasteiger charge is -2.32. The second-order valence-electron chi connectivity index (χ2n) is 12.5. The van der Waals surface area contributed by atoms with Crippen molar-refractivity contribution in [2.45, 2.75) is 51.8 Å². The molecule has 2 aromatic heterocycles. The Balaban J connectivity index is 1.18. The van der Waals surface area contributed by atoms with Crippen molar-refractivity contribution < 1.29 is 23.0 Å². The molecule has 4 heterocycles. The number of halogens is 2. The smallest absolute Gasteiger partial charge is 0.320 e. The van der Waals surface area contributed by atoms with Gasteiger partial charge in [0.2, 0.25) is 0 Å². The second kappa shape index (κ2) is 12.7. The number of carbonyl (C=O) groups excluding carboxylic acids is 1. The van der Waals surface area contributed by atoms with Crippen LogP contribution in [0.3, 0.4) is 0 Å². The highest BCUT2D eigenvalue weighted by molar-refractivity contribution is 5.92. The molecule has 11 heteroatoms. The summed E-state index contributed by atoms with van der Waals surface area (Å²) >= 11 is 0. The van der Waals surface area contributed by atoms with Crippen LogP contribution >= 0.6 is 0 Å². The van der Waals surface area contributed by atoms with E-state index in [1.807, 2.05) is 54.7 Å². The summed E-state index contributed by atoms with van der Waals surface area (Å²) in [6.07, 6.45) is 7.15. The summed E-state index contributed by atoms with van der Waals surface area (Å²) in [4.78, 5) is 25.8. The van der Waals surface area contributed by atoms with Crippen LogP contribution in [0.4, 0.5) is 8.78 Å². The largest absolute Gasteiger partial charge is 0.459 e. The predicted octanol–water partition coefficient (Wildman–Crippen LogP) is 5.25. The van der Waals surface area contributed by atoms with Crippen LogP contribution in [0.5, 0.6) is 0 Å². The summed E-state index contributed by atoms with van der Waals surface area (Å²) in [6, 6.07) is 8.43. The molecule has 0 saturated carbocycles. The number of morpholine rings is 1. The SMILES string of the molecule is CC(C)(C)OC(=O)CN1CCC(n2cc(-c3cnc4cccc(-c5cc(F)c(CN6CCOCC6)c(F)c5)c4n3)cn2)CC1. The molecule has 2 aromatic carbocycles. The van der Waals surface area contributed by atoms with Crippen LogP contribution in [0.25, 0.3) is 33.4 Å². The Bertz CT molecular complexity index is 1620. The lowest BCUT2D eigenvalue weighted by Crippen LogP contribution is -2.40. The monoisotopic (exact) mass is 604 g/mol. The molecule has 4 aromatic rings. The number of rotatable bonds is 7. The van der Waals surface area contributed by atoms with Crippen LogP contribution in [-0.4, -0.2) is 87.1 Å². The summed E-state index contributed by atoms with van der Waals surface area (Å²) in [5.41, 5.74) is 3.22. The molecular formula is C33H38F2N6O3. The minimum Gasteiger partial charge on any atom is -0.459 e. The van der Waals surface area contributed by atoms with Crippen LogP contribution in [0.2, 0.25) is 0 Å². The fourth-order valence-electron chi connectivity index (χ4n) is 5.87. The first-order valence-electron chi connectivity index (χ1n) is 15.2. The first kappa shape index (κ1) is 30.2. The lowest BCUT2D eigenvalue weighted by molar-refractivity contribution is -0.156. The number of carbonyl (C=O) groups is 1. The molecule has 0 N–H and O–H groups in total. The van der Waals surface area contributed by atoms with Crippen molar-refractivity contribution in [2.75, 3.05) is 45.9 Å². The maximum absolute atomic E-state index is 15.3. The highest BCUT2D eigenvalue weighted by atomic mass is 19.1. The maximum atomic E-state index is 15.3. The van der Waals surface area contributed by atoms with Crippen molar-refractivity contribution in [2.24, 2.45) is 0 Å². The van der Waals surface area contributed by atoms with E-state index in [-0.39, 0.29) is 30.7 Å². The van der Waals surface area contributed by atoms with E-state index in [9.17, 15) is 4.79 Å². The van der Waals surface area contributed by atoms with E-state index in [4.69, 9.17) is 14.5 Å². The molecule has 9 nitrogen and oxygen atoms in total.